The summed E-state index contributed by atoms with van der Waals surface area (Å²) in [6.45, 7) is 2.79. The van der Waals surface area contributed by atoms with Crippen LogP contribution in [0.15, 0.2) is 15.1 Å². The molecule has 2 aromatic rings. The normalized spacial score (nSPS) is 16.6. The molecule has 3 rings (SSSR count). The fraction of sp³-hybridized carbons (Fsp3) is 0.545. The first-order valence-corrected chi connectivity index (χ1v) is 7.99. The third kappa shape index (κ3) is 3.12. The minimum absolute atomic E-state index is 0.0529. The van der Waals surface area contributed by atoms with Crippen molar-refractivity contribution in [3.8, 4) is 11.5 Å². The van der Waals surface area contributed by atoms with Gasteiger partial charge in [0.2, 0.25) is 11.7 Å². The van der Waals surface area contributed by atoms with Gasteiger partial charge in [0, 0.05) is 19.2 Å². The van der Waals surface area contributed by atoms with E-state index in [0.29, 0.717) is 24.5 Å². The zero-order valence-corrected chi connectivity index (χ0v) is 12.3. The van der Waals surface area contributed by atoms with Crippen molar-refractivity contribution in [2.24, 2.45) is 0 Å². The minimum Gasteiger partial charge on any atom is -0.361 e. The smallest absolute Gasteiger partial charge is 0.279 e. The summed E-state index contributed by atoms with van der Waals surface area (Å²) in [7, 11) is -3.49. The summed E-state index contributed by atoms with van der Waals surface area (Å²) in [6, 6.07) is 1.67. The Morgan fingerprint density at radius 1 is 1.29 bits per heavy atom. The van der Waals surface area contributed by atoms with E-state index in [2.05, 4.69) is 20.0 Å². The second-order valence-corrected chi connectivity index (χ2v) is 6.52. The van der Waals surface area contributed by atoms with Gasteiger partial charge in [-0.1, -0.05) is 10.3 Å². The monoisotopic (exact) mass is 313 g/mol. The summed E-state index contributed by atoms with van der Waals surface area (Å²) in [4.78, 5) is 4.08. The van der Waals surface area contributed by atoms with Gasteiger partial charge in [0.1, 0.15) is 5.76 Å². The maximum Gasteiger partial charge on any atom is 0.279 e. The average molecular weight is 313 g/mol. The van der Waals surface area contributed by atoms with Crippen molar-refractivity contribution >= 4 is 10.2 Å². The van der Waals surface area contributed by atoms with E-state index in [1.807, 2.05) is 0 Å². The molecule has 0 unspecified atom stereocenters. The molecule has 1 saturated heterocycles. The fourth-order valence-corrected chi connectivity index (χ4v) is 3.30. The van der Waals surface area contributed by atoms with Crippen LogP contribution in [0.5, 0.6) is 0 Å². The van der Waals surface area contributed by atoms with Gasteiger partial charge in [-0.05, 0) is 19.8 Å². The standard InChI is InChI=1S/C11H15N5O4S/c1-8-6-9(14-19-8)11-13-10(20-15-11)7-12-21(17,18)16-4-2-3-5-16/h6,12H,2-5,7H2,1H3. The SMILES string of the molecule is Cc1cc(-c2noc(CNS(=O)(=O)N3CCCC3)n2)no1. The van der Waals surface area contributed by atoms with Gasteiger partial charge in [0.25, 0.3) is 10.2 Å². The van der Waals surface area contributed by atoms with Gasteiger partial charge in [-0.25, -0.2) is 0 Å². The lowest BCUT2D eigenvalue weighted by atomic mass is 10.4. The predicted molar refractivity (Wildman–Crippen MR) is 71.1 cm³/mol. The Labute approximate surface area is 121 Å². The molecule has 10 heteroatoms. The lowest BCUT2D eigenvalue weighted by molar-refractivity contribution is 0.371. The summed E-state index contributed by atoms with van der Waals surface area (Å²) >= 11 is 0. The van der Waals surface area contributed by atoms with Gasteiger partial charge in [-0.3, -0.25) is 0 Å². The molecule has 21 heavy (non-hydrogen) atoms. The molecular formula is C11H15N5O4S. The van der Waals surface area contributed by atoms with Crippen LogP contribution in [0.3, 0.4) is 0 Å². The van der Waals surface area contributed by atoms with Gasteiger partial charge in [0.15, 0.2) is 5.69 Å². The first-order chi connectivity index (χ1) is 10.0. The third-order valence-corrected chi connectivity index (χ3v) is 4.69. The molecule has 0 amide bonds. The van der Waals surface area contributed by atoms with Crippen LogP contribution in [0.4, 0.5) is 0 Å². The van der Waals surface area contributed by atoms with Crippen LogP contribution in [-0.4, -0.2) is 41.1 Å². The topological polar surface area (TPSA) is 114 Å². The highest BCUT2D eigenvalue weighted by Crippen LogP contribution is 2.16. The second-order valence-electron chi connectivity index (χ2n) is 4.77. The number of rotatable bonds is 5. The fourth-order valence-electron chi connectivity index (χ4n) is 2.08. The van der Waals surface area contributed by atoms with E-state index >= 15 is 0 Å². The second kappa shape index (κ2) is 5.54. The van der Waals surface area contributed by atoms with E-state index in [-0.39, 0.29) is 18.3 Å². The lowest BCUT2D eigenvalue weighted by Crippen LogP contribution is -2.38. The molecule has 0 spiro atoms. The van der Waals surface area contributed by atoms with E-state index in [1.165, 1.54) is 4.31 Å². The van der Waals surface area contributed by atoms with Crippen molar-refractivity contribution in [2.45, 2.75) is 26.3 Å². The van der Waals surface area contributed by atoms with Crippen molar-refractivity contribution in [3.63, 3.8) is 0 Å². The van der Waals surface area contributed by atoms with Crippen LogP contribution < -0.4 is 4.72 Å². The maximum atomic E-state index is 12.0. The Bertz CT molecular complexity index is 717. The molecule has 1 fully saturated rings. The zero-order chi connectivity index (χ0) is 14.9. The highest BCUT2D eigenvalue weighted by atomic mass is 32.2. The van der Waals surface area contributed by atoms with Crippen molar-refractivity contribution in [3.05, 3.63) is 17.7 Å². The van der Waals surface area contributed by atoms with Crippen LogP contribution >= 0.6 is 0 Å². The number of nitrogens with zero attached hydrogens (tertiary/aromatic N) is 4. The highest BCUT2D eigenvalue weighted by molar-refractivity contribution is 7.87. The van der Waals surface area contributed by atoms with Gasteiger partial charge in [0.05, 0.1) is 6.54 Å². The van der Waals surface area contributed by atoms with Gasteiger partial charge in [-0.15, -0.1) is 0 Å². The average Bonchev–Trinajstić information content (AvgIpc) is 3.17. The quantitative estimate of drug-likeness (QED) is 0.852. The molecule has 0 aliphatic carbocycles. The van der Waals surface area contributed by atoms with Crippen molar-refractivity contribution in [1.82, 2.24) is 24.3 Å². The first kappa shape index (κ1) is 14.2. The predicted octanol–water partition coefficient (Wildman–Crippen LogP) is 0.463. The van der Waals surface area contributed by atoms with Crippen molar-refractivity contribution < 1.29 is 17.5 Å². The number of aromatic nitrogens is 3. The molecule has 1 aliphatic heterocycles. The van der Waals surface area contributed by atoms with Crippen molar-refractivity contribution in [2.75, 3.05) is 13.1 Å². The van der Waals surface area contributed by atoms with E-state index in [0.717, 1.165) is 12.8 Å². The molecule has 114 valence electrons. The summed E-state index contributed by atoms with van der Waals surface area (Å²) < 4.78 is 37.7. The molecule has 0 bridgehead atoms. The number of aryl methyl sites for hydroxylation is 1. The Kier molecular flexibility index (Phi) is 3.74. The largest absolute Gasteiger partial charge is 0.361 e. The van der Waals surface area contributed by atoms with Crippen LogP contribution in [0, 0.1) is 6.92 Å². The molecule has 0 saturated carbocycles. The molecule has 0 aromatic carbocycles. The Morgan fingerprint density at radius 3 is 2.71 bits per heavy atom. The third-order valence-electron chi connectivity index (χ3n) is 3.14. The number of hydrogen-bond acceptors (Lipinski definition) is 7. The molecule has 1 N–H and O–H groups in total. The Hall–Kier alpha value is -1.78. The van der Waals surface area contributed by atoms with Crippen LogP contribution in [0.2, 0.25) is 0 Å². The molecule has 2 aromatic heterocycles. The summed E-state index contributed by atoms with van der Waals surface area (Å²) in [5.41, 5.74) is 0.449. The maximum absolute atomic E-state index is 12.0. The van der Waals surface area contributed by atoms with Crippen LogP contribution in [0.1, 0.15) is 24.5 Å². The molecule has 3 heterocycles. The lowest BCUT2D eigenvalue weighted by Gasteiger charge is -2.14. The Balaban J connectivity index is 1.65. The van der Waals surface area contributed by atoms with Crippen LogP contribution in [-0.2, 0) is 16.8 Å². The number of hydrogen-bond donors (Lipinski definition) is 1. The Morgan fingerprint density at radius 2 is 2.05 bits per heavy atom. The van der Waals surface area contributed by atoms with Crippen LogP contribution in [0.25, 0.3) is 11.5 Å². The first-order valence-electron chi connectivity index (χ1n) is 6.55. The zero-order valence-electron chi connectivity index (χ0n) is 11.4. The van der Waals surface area contributed by atoms with E-state index < -0.39 is 10.2 Å². The van der Waals surface area contributed by atoms with Gasteiger partial charge in [-0.2, -0.15) is 22.4 Å². The summed E-state index contributed by atoms with van der Waals surface area (Å²) in [6.07, 6.45) is 1.77. The molecule has 9 nitrogen and oxygen atoms in total. The summed E-state index contributed by atoms with van der Waals surface area (Å²) in [5, 5.41) is 7.51. The molecule has 0 radical (unpaired) electrons. The minimum atomic E-state index is -3.49. The summed E-state index contributed by atoms with van der Waals surface area (Å²) in [5.74, 6) is 1.07. The molecule has 0 atom stereocenters. The van der Waals surface area contributed by atoms with Gasteiger partial charge < -0.3 is 9.05 Å². The van der Waals surface area contributed by atoms with E-state index in [4.69, 9.17) is 9.05 Å². The molecular weight excluding hydrogens is 298 g/mol. The van der Waals surface area contributed by atoms with Gasteiger partial charge >= 0.3 is 0 Å². The number of nitrogens with one attached hydrogen (secondary N) is 1. The van der Waals surface area contributed by atoms with E-state index in [1.54, 1.807) is 13.0 Å². The van der Waals surface area contributed by atoms with Crippen molar-refractivity contribution in [1.29, 1.82) is 0 Å². The van der Waals surface area contributed by atoms with E-state index in [9.17, 15) is 8.42 Å². The molecule has 1 aliphatic rings. The highest BCUT2D eigenvalue weighted by Gasteiger charge is 2.25.